The Morgan fingerprint density at radius 1 is 1.60 bits per heavy atom. The normalized spacial score (nSPS) is 14.3. The number of nitrogens with one attached hydrogen (secondary N) is 2. The third-order valence-electron chi connectivity index (χ3n) is 3.19. The van der Waals surface area contributed by atoms with Crippen LogP contribution in [-0.2, 0) is 4.79 Å². The zero-order valence-electron chi connectivity index (χ0n) is 11.2. The molecule has 2 heterocycles. The second kappa shape index (κ2) is 4.97. The minimum atomic E-state index is -0.00684. The minimum Gasteiger partial charge on any atom is -0.352 e. The van der Waals surface area contributed by atoms with Gasteiger partial charge >= 0.3 is 0 Å². The van der Waals surface area contributed by atoms with Gasteiger partial charge in [0.1, 0.15) is 0 Å². The van der Waals surface area contributed by atoms with E-state index >= 15 is 0 Å². The van der Waals surface area contributed by atoms with Gasteiger partial charge in [-0.25, -0.2) is 15.8 Å². The molecular weight excluding hydrogens is 258 g/mol. The maximum atomic E-state index is 11.9. The van der Waals surface area contributed by atoms with Crippen molar-refractivity contribution < 1.29 is 4.79 Å². The molecule has 4 N–H and O–H groups in total. The highest BCUT2D eigenvalue weighted by atomic mass is 16.2. The number of nitrogens with zero attached hydrogens (tertiary/aromatic N) is 4. The van der Waals surface area contributed by atoms with Crippen LogP contribution in [0.15, 0.2) is 18.6 Å². The summed E-state index contributed by atoms with van der Waals surface area (Å²) in [4.78, 5) is 22.2. The Hall–Kier alpha value is -2.35. The zero-order chi connectivity index (χ0) is 14.1. The van der Waals surface area contributed by atoms with Crippen LogP contribution in [0.3, 0.4) is 0 Å². The summed E-state index contributed by atoms with van der Waals surface area (Å²) in [5.41, 5.74) is 3.20. The smallest absolute Gasteiger partial charge is 0.239 e. The van der Waals surface area contributed by atoms with Gasteiger partial charge in [-0.1, -0.05) is 0 Å². The monoisotopic (exact) mass is 275 g/mol. The number of hydrogen-bond donors (Lipinski definition) is 3. The Morgan fingerprint density at radius 3 is 3.10 bits per heavy atom. The number of aromatic nitrogens is 3. The standard InChI is InChI=1S/C12H17N7O/c1-18(7-10(20)15-8-2-3-8)12-11-14-4-5-19(11)6-9(16-12)17-13/h4-6,8,17H,2-3,7,13H2,1H3,(H,15,20). The van der Waals surface area contributed by atoms with Crippen molar-refractivity contribution in [1.29, 1.82) is 0 Å². The van der Waals surface area contributed by atoms with Crippen LogP contribution >= 0.6 is 0 Å². The summed E-state index contributed by atoms with van der Waals surface area (Å²) >= 11 is 0. The first-order valence-electron chi connectivity index (χ1n) is 6.48. The number of fused-ring (bicyclic) bond motifs is 1. The van der Waals surface area contributed by atoms with Crippen molar-refractivity contribution in [2.24, 2.45) is 5.84 Å². The van der Waals surface area contributed by atoms with Crippen LogP contribution < -0.4 is 21.5 Å². The molecule has 0 atom stereocenters. The van der Waals surface area contributed by atoms with Crippen molar-refractivity contribution in [2.75, 3.05) is 23.9 Å². The molecule has 0 aliphatic heterocycles. The van der Waals surface area contributed by atoms with Crippen LogP contribution in [-0.4, -0.2) is 39.9 Å². The molecule has 1 aliphatic carbocycles. The number of carbonyl (C=O) groups is 1. The van der Waals surface area contributed by atoms with Crippen LogP contribution in [0.5, 0.6) is 0 Å². The summed E-state index contributed by atoms with van der Waals surface area (Å²) in [6.45, 7) is 0.236. The molecule has 106 valence electrons. The lowest BCUT2D eigenvalue weighted by Gasteiger charge is -2.19. The lowest BCUT2D eigenvalue weighted by Crippen LogP contribution is -2.36. The molecule has 1 aliphatic rings. The van der Waals surface area contributed by atoms with Crippen LogP contribution in [0.2, 0.25) is 0 Å². The highest BCUT2D eigenvalue weighted by Gasteiger charge is 2.24. The molecule has 0 radical (unpaired) electrons. The number of amides is 1. The number of hydrazine groups is 1. The van der Waals surface area contributed by atoms with Crippen molar-refractivity contribution in [2.45, 2.75) is 18.9 Å². The van der Waals surface area contributed by atoms with E-state index in [9.17, 15) is 4.79 Å². The summed E-state index contributed by atoms with van der Waals surface area (Å²) in [5.74, 6) is 6.52. The topological polar surface area (TPSA) is 101 Å². The van der Waals surface area contributed by atoms with E-state index in [1.165, 1.54) is 0 Å². The second-order valence-corrected chi connectivity index (χ2v) is 4.95. The molecule has 0 saturated heterocycles. The number of nitrogens with two attached hydrogens (primary N) is 1. The van der Waals surface area contributed by atoms with Gasteiger partial charge in [0.15, 0.2) is 17.3 Å². The SMILES string of the molecule is CN(CC(=O)NC1CC1)c1nc(NN)cn2ccnc12. The number of nitrogen functional groups attached to an aromatic ring is 1. The van der Waals surface area contributed by atoms with E-state index in [0.29, 0.717) is 23.3 Å². The third kappa shape index (κ3) is 2.50. The van der Waals surface area contributed by atoms with E-state index in [-0.39, 0.29) is 12.5 Å². The van der Waals surface area contributed by atoms with Crippen LogP contribution in [0.1, 0.15) is 12.8 Å². The Morgan fingerprint density at radius 2 is 2.40 bits per heavy atom. The summed E-state index contributed by atoms with van der Waals surface area (Å²) in [5, 5.41) is 2.95. The Kier molecular flexibility index (Phi) is 3.15. The van der Waals surface area contributed by atoms with Gasteiger partial charge in [0.2, 0.25) is 5.91 Å². The molecule has 8 nitrogen and oxygen atoms in total. The fourth-order valence-electron chi connectivity index (χ4n) is 2.03. The molecule has 2 aromatic heterocycles. The first-order chi connectivity index (χ1) is 9.67. The molecule has 1 fully saturated rings. The molecule has 1 saturated carbocycles. The fourth-order valence-corrected chi connectivity index (χ4v) is 2.03. The number of imidazole rings is 1. The first kappa shape index (κ1) is 12.7. The lowest BCUT2D eigenvalue weighted by atomic mass is 10.4. The van der Waals surface area contributed by atoms with E-state index in [2.05, 4.69) is 20.7 Å². The Bertz CT molecular complexity index is 634. The van der Waals surface area contributed by atoms with E-state index < -0.39 is 0 Å². The van der Waals surface area contributed by atoms with Crippen molar-refractivity contribution in [3.8, 4) is 0 Å². The number of hydrogen-bond acceptors (Lipinski definition) is 6. The molecule has 0 spiro atoms. The number of likely N-dealkylation sites (N-methyl/N-ethyl adjacent to an activating group) is 1. The summed E-state index contributed by atoms with van der Waals surface area (Å²) in [7, 11) is 1.81. The first-order valence-corrected chi connectivity index (χ1v) is 6.48. The van der Waals surface area contributed by atoms with Gasteiger partial charge < -0.3 is 20.0 Å². The molecular formula is C12H17N7O. The van der Waals surface area contributed by atoms with E-state index in [4.69, 9.17) is 5.84 Å². The summed E-state index contributed by atoms with van der Waals surface area (Å²) < 4.78 is 1.81. The van der Waals surface area contributed by atoms with Crippen molar-refractivity contribution in [3.63, 3.8) is 0 Å². The number of anilines is 2. The van der Waals surface area contributed by atoms with Gasteiger partial charge in [0.05, 0.1) is 12.7 Å². The zero-order valence-corrected chi connectivity index (χ0v) is 11.2. The number of rotatable bonds is 5. The van der Waals surface area contributed by atoms with Crippen LogP contribution in [0.4, 0.5) is 11.6 Å². The Balaban J connectivity index is 1.83. The third-order valence-corrected chi connectivity index (χ3v) is 3.19. The van der Waals surface area contributed by atoms with E-state index in [1.54, 1.807) is 23.5 Å². The fraction of sp³-hybridized carbons (Fsp3) is 0.417. The highest BCUT2D eigenvalue weighted by molar-refractivity contribution is 5.83. The van der Waals surface area contributed by atoms with Crippen molar-refractivity contribution in [1.82, 2.24) is 19.7 Å². The summed E-state index contributed by atoms with van der Waals surface area (Å²) in [6, 6.07) is 0.354. The average molecular weight is 275 g/mol. The van der Waals surface area contributed by atoms with Crippen LogP contribution in [0, 0.1) is 0 Å². The maximum Gasteiger partial charge on any atom is 0.239 e. The van der Waals surface area contributed by atoms with Gasteiger partial charge in [-0.2, -0.15) is 0 Å². The van der Waals surface area contributed by atoms with Crippen LogP contribution in [0.25, 0.3) is 5.65 Å². The molecule has 0 unspecified atom stereocenters. The molecule has 0 aromatic carbocycles. The quantitative estimate of drug-likeness (QED) is 0.513. The molecule has 0 bridgehead atoms. The largest absolute Gasteiger partial charge is 0.352 e. The van der Waals surface area contributed by atoms with Gasteiger partial charge in [0, 0.05) is 25.5 Å². The molecule has 2 aromatic rings. The highest BCUT2D eigenvalue weighted by Crippen LogP contribution is 2.20. The predicted octanol–water partition coefficient (Wildman–Crippen LogP) is -0.270. The molecule has 20 heavy (non-hydrogen) atoms. The van der Waals surface area contributed by atoms with Gasteiger partial charge in [-0.05, 0) is 12.8 Å². The van der Waals surface area contributed by atoms with Gasteiger partial charge in [-0.15, -0.1) is 0 Å². The Labute approximate surface area is 116 Å². The predicted molar refractivity (Wildman–Crippen MR) is 75.2 cm³/mol. The lowest BCUT2D eigenvalue weighted by molar-refractivity contribution is -0.119. The molecule has 1 amide bonds. The summed E-state index contributed by atoms with van der Waals surface area (Å²) in [6.07, 6.45) is 7.37. The van der Waals surface area contributed by atoms with Gasteiger partial charge in [-0.3, -0.25) is 4.79 Å². The number of carbonyl (C=O) groups excluding carboxylic acids is 1. The van der Waals surface area contributed by atoms with Crippen molar-refractivity contribution in [3.05, 3.63) is 18.6 Å². The van der Waals surface area contributed by atoms with E-state index in [1.807, 2.05) is 11.4 Å². The second-order valence-electron chi connectivity index (χ2n) is 4.95. The molecule has 3 rings (SSSR count). The minimum absolute atomic E-state index is 0.00684. The van der Waals surface area contributed by atoms with Gasteiger partial charge in [0.25, 0.3) is 0 Å². The van der Waals surface area contributed by atoms with E-state index in [0.717, 1.165) is 12.8 Å². The average Bonchev–Trinajstić information content (AvgIpc) is 3.11. The molecule has 8 heteroatoms. The van der Waals surface area contributed by atoms with Crippen molar-refractivity contribution >= 4 is 23.2 Å². The maximum absolute atomic E-state index is 11.9.